The van der Waals surface area contributed by atoms with Crippen molar-refractivity contribution in [1.29, 1.82) is 5.41 Å². The van der Waals surface area contributed by atoms with Crippen LogP contribution in [-0.4, -0.2) is 29.5 Å². The molecule has 4 heteroatoms. The first kappa shape index (κ1) is 7.81. The second-order valence-corrected chi connectivity index (χ2v) is 1.65. The van der Waals surface area contributed by atoms with E-state index < -0.39 is 5.78 Å². The Hall–Kier alpha value is -1.19. The van der Waals surface area contributed by atoms with Crippen LogP contribution in [0.4, 0.5) is 0 Å². The molecule has 0 rings (SSSR count). The first-order valence-electron chi connectivity index (χ1n) is 2.38. The third-order valence-corrected chi connectivity index (χ3v) is 0.690. The van der Waals surface area contributed by atoms with E-state index in [1.54, 1.807) is 0 Å². The minimum absolute atomic E-state index is 0.271. The van der Waals surface area contributed by atoms with Gasteiger partial charge >= 0.3 is 0 Å². The van der Waals surface area contributed by atoms with Crippen LogP contribution < -0.4 is 0 Å². The van der Waals surface area contributed by atoms with Crippen molar-refractivity contribution in [3.05, 3.63) is 5.21 Å². The minimum Gasteiger partial charge on any atom is -0.624 e. The normalized spacial score (nSPS) is 11.1. The van der Waals surface area contributed by atoms with Crippen LogP contribution in [0, 0.1) is 10.6 Å². The molecule has 0 aliphatic heterocycles. The molecule has 0 amide bonds. The number of hydrogen-bond acceptors (Lipinski definition) is 3. The molecule has 50 valence electrons. The number of carbonyl (C=O) groups excluding carboxylic acids is 1. The Kier molecular flexibility index (Phi) is 2.57. The van der Waals surface area contributed by atoms with Crippen LogP contribution in [0.25, 0.3) is 0 Å². The number of carbonyl (C=O) groups is 1. The van der Waals surface area contributed by atoms with E-state index in [-0.39, 0.29) is 5.71 Å². The van der Waals surface area contributed by atoms with Gasteiger partial charge in [0.05, 0.1) is 0 Å². The number of nitrogens with one attached hydrogen (secondary N) is 1. The Morgan fingerprint density at radius 2 is 2.22 bits per heavy atom. The molecule has 9 heavy (non-hydrogen) atoms. The number of hydrogen-bond donors (Lipinski definition) is 1. The molecule has 0 aromatic heterocycles. The molecule has 0 saturated heterocycles. The van der Waals surface area contributed by atoms with Crippen LogP contribution in [0.15, 0.2) is 0 Å². The summed E-state index contributed by atoms with van der Waals surface area (Å²) in [6.07, 6.45) is 0.919. The monoisotopic (exact) mass is 128 g/mol. The Balaban J connectivity index is 4.09. The first-order valence-corrected chi connectivity index (χ1v) is 2.38. The van der Waals surface area contributed by atoms with E-state index >= 15 is 0 Å². The van der Waals surface area contributed by atoms with Crippen LogP contribution in [0.3, 0.4) is 0 Å². The molecule has 0 unspecified atom stereocenters. The van der Waals surface area contributed by atoms with Gasteiger partial charge in [-0.1, -0.05) is 0 Å². The van der Waals surface area contributed by atoms with E-state index in [2.05, 4.69) is 0 Å². The lowest BCUT2D eigenvalue weighted by atomic mass is 10.3. The summed E-state index contributed by atoms with van der Waals surface area (Å²) >= 11 is 0. The zero-order chi connectivity index (χ0) is 7.44. The maximum Gasteiger partial charge on any atom is 0.203 e. The summed E-state index contributed by atoms with van der Waals surface area (Å²) in [6, 6.07) is 0. The van der Waals surface area contributed by atoms with Crippen molar-refractivity contribution in [3.8, 4) is 0 Å². The lowest BCUT2D eigenvalue weighted by Gasteiger charge is -1.92. The van der Waals surface area contributed by atoms with Crippen LogP contribution in [0.2, 0.25) is 0 Å². The smallest absolute Gasteiger partial charge is 0.203 e. The van der Waals surface area contributed by atoms with E-state index in [9.17, 15) is 10.0 Å². The molecule has 0 aliphatic carbocycles. The highest BCUT2D eigenvalue weighted by Gasteiger charge is 2.00. The zero-order valence-electron chi connectivity index (χ0n) is 5.34. The van der Waals surface area contributed by atoms with E-state index in [4.69, 9.17) is 5.41 Å². The summed E-state index contributed by atoms with van der Waals surface area (Å²) in [7, 11) is 1.22. The molecule has 0 radical (unpaired) electrons. The fourth-order valence-corrected chi connectivity index (χ4v) is 0.273. The molecule has 0 aliphatic rings. The molecule has 0 fully saturated rings. The molecule has 0 atom stereocenters. The second-order valence-electron chi connectivity index (χ2n) is 1.65. The lowest BCUT2D eigenvalue weighted by Crippen LogP contribution is -2.14. The third-order valence-electron chi connectivity index (χ3n) is 0.690. The first-order chi connectivity index (χ1) is 4.04. The average molecular weight is 128 g/mol. The predicted molar refractivity (Wildman–Crippen MR) is 34.0 cm³/mol. The number of nitrogens with zero attached hydrogens (tertiary/aromatic N) is 1. The maximum atomic E-state index is 10.3. The van der Waals surface area contributed by atoms with Gasteiger partial charge in [-0.15, -0.1) is 0 Å². The molecular weight excluding hydrogens is 120 g/mol. The van der Waals surface area contributed by atoms with Gasteiger partial charge in [0.15, 0.2) is 11.5 Å². The highest BCUT2D eigenvalue weighted by molar-refractivity contribution is 6.58. The summed E-state index contributed by atoms with van der Waals surface area (Å²) < 4.78 is 0.420. The number of rotatable bonds is 2. The summed E-state index contributed by atoms with van der Waals surface area (Å²) in [4.78, 5) is 10.3. The Bertz CT molecular complexity index is 168. The standard InChI is InChI=1S/C5H8N2O2/c1-4(8)5(6)3-7(2)9/h3,6H,1-2H3/b6-5?,7-3-. The van der Waals surface area contributed by atoms with Crippen LogP contribution in [0.1, 0.15) is 6.92 Å². The van der Waals surface area contributed by atoms with E-state index in [0.717, 1.165) is 6.21 Å². The Labute approximate surface area is 52.9 Å². The topological polar surface area (TPSA) is 67.0 Å². The molecule has 0 saturated carbocycles. The van der Waals surface area contributed by atoms with E-state index in [1.165, 1.54) is 14.0 Å². The number of ketones is 1. The lowest BCUT2D eigenvalue weighted by molar-refractivity contribution is -0.415. The molecule has 1 N–H and O–H groups in total. The SMILES string of the molecule is CC(=O)C(=N)/C=[N+](/C)[O-]. The average Bonchev–Trinajstić information content (AvgIpc) is 1.63. The molecule has 0 aromatic carbocycles. The van der Waals surface area contributed by atoms with Crippen molar-refractivity contribution in [3.63, 3.8) is 0 Å². The summed E-state index contributed by atoms with van der Waals surface area (Å²) in [5.41, 5.74) is -0.271. The molecular formula is C5H8N2O2. The van der Waals surface area contributed by atoms with Gasteiger partial charge in [-0.3, -0.25) is 10.2 Å². The molecule has 0 bridgehead atoms. The summed E-state index contributed by atoms with van der Waals surface area (Å²) in [6.45, 7) is 1.24. The highest BCUT2D eigenvalue weighted by Crippen LogP contribution is 1.70. The van der Waals surface area contributed by atoms with Crippen LogP contribution >= 0.6 is 0 Å². The molecule has 0 spiro atoms. The van der Waals surface area contributed by atoms with E-state index in [0.29, 0.717) is 4.74 Å². The highest BCUT2D eigenvalue weighted by atomic mass is 16.5. The van der Waals surface area contributed by atoms with Gasteiger partial charge in [0.25, 0.3) is 0 Å². The van der Waals surface area contributed by atoms with Gasteiger partial charge < -0.3 is 5.21 Å². The van der Waals surface area contributed by atoms with E-state index in [1.807, 2.05) is 0 Å². The van der Waals surface area contributed by atoms with Gasteiger partial charge in [0.1, 0.15) is 7.05 Å². The summed E-state index contributed by atoms with van der Waals surface area (Å²) in [5, 5.41) is 17.0. The van der Waals surface area contributed by atoms with Gasteiger partial charge in [0.2, 0.25) is 6.21 Å². The minimum atomic E-state index is -0.405. The Morgan fingerprint density at radius 1 is 1.78 bits per heavy atom. The molecule has 0 heterocycles. The van der Waals surface area contributed by atoms with Crippen molar-refractivity contribution in [2.45, 2.75) is 6.92 Å². The second kappa shape index (κ2) is 2.96. The zero-order valence-corrected chi connectivity index (χ0v) is 5.34. The van der Waals surface area contributed by atoms with Crippen molar-refractivity contribution in [2.75, 3.05) is 7.05 Å². The van der Waals surface area contributed by atoms with Crippen molar-refractivity contribution >= 4 is 17.7 Å². The molecule has 0 aromatic rings. The van der Waals surface area contributed by atoms with Gasteiger partial charge in [0, 0.05) is 6.92 Å². The largest absolute Gasteiger partial charge is 0.624 e. The van der Waals surface area contributed by atoms with Crippen molar-refractivity contribution < 1.29 is 9.53 Å². The number of Topliss-reactive ketones (excluding diaryl/α,β-unsaturated/α-hetero) is 1. The Morgan fingerprint density at radius 3 is 2.33 bits per heavy atom. The van der Waals surface area contributed by atoms with Crippen LogP contribution in [-0.2, 0) is 4.79 Å². The quantitative estimate of drug-likeness (QED) is 0.242. The van der Waals surface area contributed by atoms with Gasteiger partial charge in [-0.25, -0.2) is 4.74 Å². The van der Waals surface area contributed by atoms with Crippen LogP contribution in [0.5, 0.6) is 0 Å². The summed E-state index contributed by atoms with van der Waals surface area (Å²) in [5.74, 6) is -0.405. The third kappa shape index (κ3) is 3.40. The fourth-order valence-electron chi connectivity index (χ4n) is 0.273. The van der Waals surface area contributed by atoms with Gasteiger partial charge in [-0.05, 0) is 0 Å². The number of hydroxylamine groups is 1. The van der Waals surface area contributed by atoms with Crippen molar-refractivity contribution in [2.24, 2.45) is 0 Å². The molecule has 4 nitrogen and oxygen atoms in total. The van der Waals surface area contributed by atoms with Crippen molar-refractivity contribution in [1.82, 2.24) is 0 Å². The maximum absolute atomic E-state index is 10.3. The predicted octanol–water partition coefficient (Wildman–Crippen LogP) is -0.194. The van der Waals surface area contributed by atoms with Gasteiger partial charge in [-0.2, -0.15) is 0 Å². The fraction of sp³-hybridized carbons (Fsp3) is 0.400.